The molecular weight excluding hydrogens is 156 g/mol. The number of ether oxygens (including phenoxy) is 3. The maximum atomic E-state index is 5.09. The van der Waals surface area contributed by atoms with Crippen LogP contribution in [-0.2, 0) is 14.2 Å². The highest BCUT2D eigenvalue weighted by molar-refractivity contribution is 4.57. The van der Waals surface area contributed by atoms with E-state index in [4.69, 9.17) is 14.2 Å². The lowest BCUT2D eigenvalue weighted by atomic mass is 10.0. The molecule has 0 amide bonds. The maximum absolute atomic E-state index is 5.09. The van der Waals surface area contributed by atoms with E-state index in [-0.39, 0.29) is 0 Å². The van der Waals surface area contributed by atoms with E-state index < -0.39 is 0 Å². The summed E-state index contributed by atoms with van der Waals surface area (Å²) in [5.74, 6) is 0.565. The molecule has 0 aliphatic rings. The molecule has 0 saturated carbocycles. The number of hydrogen-bond donors (Lipinski definition) is 0. The van der Waals surface area contributed by atoms with Gasteiger partial charge in [-0.1, -0.05) is 0 Å². The molecule has 0 atom stereocenters. The molecule has 0 saturated heterocycles. The first kappa shape index (κ1) is 11.9. The third-order valence-electron chi connectivity index (χ3n) is 1.86. The van der Waals surface area contributed by atoms with Crippen molar-refractivity contribution in [2.24, 2.45) is 5.92 Å². The lowest BCUT2D eigenvalue weighted by Gasteiger charge is -2.14. The maximum Gasteiger partial charge on any atom is 0.0492 e. The van der Waals surface area contributed by atoms with Gasteiger partial charge in [-0.3, -0.25) is 0 Å². The Morgan fingerprint density at radius 2 is 1.33 bits per heavy atom. The first-order valence-corrected chi connectivity index (χ1v) is 4.32. The minimum Gasteiger partial charge on any atom is -0.385 e. The highest BCUT2D eigenvalue weighted by Gasteiger charge is 2.07. The Morgan fingerprint density at radius 3 is 1.67 bits per heavy atom. The predicted octanol–water partition coefficient (Wildman–Crippen LogP) is 1.32. The zero-order valence-electron chi connectivity index (χ0n) is 8.34. The van der Waals surface area contributed by atoms with Gasteiger partial charge >= 0.3 is 0 Å². The summed E-state index contributed by atoms with van der Waals surface area (Å²) in [6.45, 7) is 2.40. The summed E-state index contributed by atoms with van der Waals surface area (Å²) in [6.07, 6.45) is 2.10. The van der Waals surface area contributed by atoms with Crippen LogP contribution in [0, 0.1) is 5.92 Å². The van der Waals surface area contributed by atoms with Crippen molar-refractivity contribution in [3.63, 3.8) is 0 Å². The molecule has 0 bridgehead atoms. The van der Waals surface area contributed by atoms with Crippen LogP contribution in [0.4, 0.5) is 0 Å². The summed E-state index contributed by atoms with van der Waals surface area (Å²) in [5, 5.41) is 0. The normalized spacial score (nSPS) is 11.0. The van der Waals surface area contributed by atoms with E-state index in [1.54, 1.807) is 21.3 Å². The smallest absolute Gasteiger partial charge is 0.0492 e. The van der Waals surface area contributed by atoms with Gasteiger partial charge in [0, 0.05) is 41.2 Å². The fourth-order valence-corrected chi connectivity index (χ4v) is 1.12. The zero-order chi connectivity index (χ0) is 9.23. The second-order valence-electron chi connectivity index (χ2n) is 2.88. The molecule has 12 heavy (non-hydrogen) atoms. The molecule has 74 valence electrons. The molecule has 0 aliphatic carbocycles. The molecular formula is C9H20O3. The van der Waals surface area contributed by atoms with Gasteiger partial charge in [0.1, 0.15) is 0 Å². The molecule has 3 nitrogen and oxygen atoms in total. The van der Waals surface area contributed by atoms with Gasteiger partial charge in [-0.05, 0) is 18.8 Å². The van der Waals surface area contributed by atoms with E-state index >= 15 is 0 Å². The van der Waals surface area contributed by atoms with E-state index in [2.05, 4.69) is 0 Å². The fourth-order valence-electron chi connectivity index (χ4n) is 1.12. The Bertz CT molecular complexity index is 77.8. The summed E-state index contributed by atoms with van der Waals surface area (Å²) in [4.78, 5) is 0. The van der Waals surface area contributed by atoms with E-state index in [9.17, 15) is 0 Å². The molecule has 0 rings (SSSR count). The van der Waals surface area contributed by atoms with E-state index in [0.29, 0.717) is 5.92 Å². The van der Waals surface area contributed by atoms with Crippen LogP contribution in [0.5, 0.6) is 0 Å². The largest absolute Gasteiger partial charge is 0.385 e. The summed E-state index contributed by atoms with van der Waals surface area (Å²) in [7, 11) is 5.17. The molecule has 0 aliphatic heterocycles. The summed E-state index contributed by atoms with van der Waals surface area (Å²) >= 11 is 0. The van der Waals surface area contributed by atoms with Crippen molar-refractivity contribution in [3.8, 4) is 0 Å². The van der Waals surface area contributed by atoms with Gasteiger partial charge in [0.25, 0.3) is 0 Å². The highest BCUT2D eigenvalue weighted by atomic mass is 16.5. The standard InChI is InChI=1S/C9H20O3/c1-10-6-4-9(8-12-3)5-7-11-2/h9H,4-8H2,1-3H3. The Kier molecular flexibility index (Phi) is 8.88. The van der Waals surface area contributed by atoms with Crippen molar-refractivity contribution in [1.82, 2.24) is 0 Å². The Morgan fingerprint density at radius 1 is 0.833 bits per heavy atom. The Labute approximate surface area is 75.0 Å². The summed E-state index contributed by atoms with van der Waals surface area (Å²) in [6, 6.07) is 0. The van der Waals surface area contributed by atoms with E-state index in [1.165, 1.54) is 0 Å². The molecule has 0 aromatic rings. The number of rotatable bonds is 8. The van der Waals surface area contributed by atoms with Gasteiger partial charge < -0.3 is 14.2 Å². The lowest BCUT2D eigenvalue weighted by Crippen LogP contribution is -2.13. The molecule has 3 heteroatoms. The van der Waals surface area contributed by atoms with Gasteiger partial charge in [0.15, 0.2) is 0 Å². The molecule has 0 spiro atoms. The molecule has 0 aromatic carbocycles. The predicted molar refractivity (Wildman–Crippen MR) is 48.4 cm³/mol. The van der Waals surface area contributed by atoms with Crippen molar-refractivity contribution < 1.29 is 14.2 Å². The van der Waals surface area contributed by atoms with Crippen LogP contribution in [0.2, 0.25) is 0 Å². The molecule has 0 N–H and O–H groups in total. The quantitative estimate of drug-likeness (QED) is 0.558. The molecule has 0 radical (unpaired) electrons. The highest BCUT2D eigenvalue weighted by Crippen LogP contribution is 2.08. The van der Waals surface area contributed by atoms with Crippen molar-refractivity contribution in [3.05, 3.63) is 0 Å². The van der Waals surface area contributed by atoms with Crippen LogP contribution in [-0.4, -0.2) is 41.2 Å². The van der Waals surface area contributed by atoms with Gasteiger partial charge in [0.05, 0.1) is 0 Å². The topological polar surface area (TPSA) is 27.7 Å². The lowest BCUT2D eigenvalue weighted by molar-refractivity contribution is 0.0929. The van der Waals surface area contributed by atoms with Crippen molar-refractivity contribution >= 4 is 0 Å². The van der Waals surface area contributed by atoms with Crippen LogP contribution in [0.25, 0.3) is 0 Å². The van der Waals surface area contributed by atoms with Crippen LogP contribution in [0.15, 0.2) is 0 Å². The first-order chi connectivity index (χ1) is 5.85. The second-order valence-corrected chi connectivity index (χ2v) is 2.88. The van der Waals surface area contributed by atoms with Crippen molar-refractivity contribution in [2.45, 2.75) is 12.8 Å². The van der Waals surface area contributed by atoms with Crippen molar-refractivity contribution in [1.29, 1.82) is 0 Å². The van der Waals surface area contributed by atoms with E-state index in [1.807, 2.05) is 0 Å². The number of hydrogen-bond acceptors (Lipinski definition) is 3. The first-order valence-electron chi connectivity index (χ1n) is 4.32. The minimum atomic E-state index is 0.565. The average molecular weight is 176 g/mol. The minimum absolute atomic E-state index is 0.565. The fraction of sp³-hybridized carbons (Fsp3) is 1.00. The van der Waals surface area contributed by atoms with Gasteiger partial charge in [-0.2, -0.15) is 0 Å². The molecule has 0 aromatic heterocycles. The third kappa shape index (κ3) is 6.58. The van der Waals surface area contributed by atoms with Gasteiger partial charge in [0.2, 0.25) is 0 Å². The number of methoxy groups -OCH3 is 3. The van der Waals surface area contributed by atoms with Gasteiger partial charge in [-0.25, -0.2) is 0 Å². The molecule has 0 fully saturated rings. The SMILES string of the molecule is COCCC(CCOC)COC. The van der Waals surface area contributed by atoms with E-state index in [0.717, 1.165) is 32.7 Å². The van der Waals surface area contributed by atoms with Crippen LogP contribution in [0.3, 0.4) is 0 Å². The molecule has 0 heterocycles. The molecule has 0 unspecified atom stereocenters. The zero-order valence-corrected chi connectivity index (χ0v) is 8.34. The van der Waals surface area contributed by atoms with Crippen molar-refractivity contribution in [2.75, 3.05) is 41.2 Å². The monoisotopic (exact) mass is 176 g/mol. The Hall–Kier alpha value is -0.120. The van der Waals surface area contributed by atoms with Crippen LogP contribution >= 0.6 is 0 Å². The average Bonchev–Trinajstić information content (AvgIpc) is 2.10. The third-order valence-corrected chi connectivity index (χ3v) is 1.86. The summed E-state index contributed by atoms with van der Waals surface area (Å²) in [5.41, 5.74) is 0. The Balaban J connectivity index is 3.40. The van der Waals surface area contributed by atoms with Crippen LogP contribution in [0.1, 0.15) is 12.8 Å². The summed E-state index contributed by atoms with van der Waals surface area (Å²) < 4.78 is 15.1. The van der Waals surface area contributed by atoms with Gasteiger partial charge in [-0.15, -0.1) is 0 Å². The second kappa shape index (κ2) is 8.97. The van der Waals surface area contributed by atoms with Crippen LogP contribution < -0.4 is 0 Å².